The molecule has 0 bridgehead atoms. The summed E-state index contributed by atoms with van der Waals surface area (Å²) in [6.07, 6.45) is -4.41. The van der Waals surface area contributed by atoms with Gasteiger partial charge in [-0.2, -0.15) is 13.2 Å². The molecular formula is C7H9F3N4S. The van der Waals surface area contributed by atoms with E-state index < -0.39 is 11.2 Å². The fraction of sp³-hybridized carbons (Fsp3) is 0.714. The van der Waals surface area contributed by atoms with E-state index in [1.54, 1.807) is 4.90 Å². The average Bonchev–Trinajstić information content (AvgIpc) is 2.45. The molecule has 0 aromatic carbocycles. The summed E-state index contributed by atoms with van der Waals surface area (Å²) in [5.41, 5.74) is 5.41. The molecule has 0 spiro atoms. The summed E-state index contributed by atoms with van der Waals surface area (Å²) >= 11 is 0.548. The largest absolute Gasteiger partial charge is 0.445 e. The Morgan fingerprint density at radius 2 is 2.00 bits per heavy atom. The molecule has 4 nitrogen and oxygen atoms in total. The SMILES string of the molecule is CC1(N)CN(c2nnc(C(F)(F)F)s2)C1. The van der Waals surface area contributed by atoms with Gasteiger partial charge < -0.3 is 10.6 Å². The fourth-order valence-corrected chi connectivity index (χ4v) is 2.13. The maximum absolute atomic E-state index is 12.2. The van der Waals surface area contributed by atoms with Gasteiger partial charge in [-0.15, -0.1) is 10.2 Å². The van der Waals surface area contributed by atoms with Gasteiger partial charge in [0.15, 0.2) is 0 Å². The summed E-state index contributed by atoms with van der Waals surface area (Å²) in [6.45, 7) is 2.87. The van der Waals surface area contributed by atoms with E-state index >= 15 is 0 Å². The van der Waals surface area contributed by atoms with Crippen molar-refractivity contribution in [1.29, 1.82) is 0 Å². The molecule has 1 aliphatic rings. The first-order valence-electron chi connectivity index (χ1n) is 4.22. The zero-order chi connectivity index (χ0) is 11.3. The number of halogens is 3. The Bertz CT molecular complexity index is 365. The van der Waals surface area contributed by atoms with Crippen LogP contribution in [0, 0.1) is 0 Å². The van der Waals surface area contributed by atoms with Gasteiger partial charge in [-0.3, -0.25) is 0 Å². The molecule has 2 rings (SSSR count). The van der Waals surface area contributed by atoms with E-state index in [1.807, 2.05) is 6.92 Å². The highest BCUT2D eigenvalue weighted by Gasteiger charge is 2.40. The minimum absolute atomic E-state index is 0.283. The first-order valence-corrected chi connectivity index (χ1v) is 5.04. The third kappa shape index (κ3) is 2.05. The molecular weight excluding hydrogens is 229 g/mol. The minimum atomic E-state index is -4.41. The molecule has 1 fully saturated rings. The lowest BCUT2D eigenvalue weighted by Crippen LogP contribution is -2.65. The molecule has 1 aromatic heterocycles. The van der Waals surface area contributed by atoms with Crippen LogP contribution < -0.4 is 10.6 Å². The quantitative estimate of drug-likeness (QED) is 0.795. The number of anilines is 1. The second-order valence-electron chi connectivity index (χ2n) is 3.90. The van der Waals surface area contributed by atoms with Crippen LogP contribution in [0.4, 0.5) is 18.3 Å². The van der Waals surface area contributed by atoms with Gasteiger partial charge in [0, 0.05) is 18.6 Å². The van der Waals surface area contributed by atoms with Gasteiger partial charge in [0.2, 0.25) is 10.1 Å². The van der Waals surface area contributed by atoms with E-state index in [0.717, 1.165) is 0 Å². The Labute approximate surface area is 87.9 Å². The molecule has 1 aliphatic heterocycles. The van der Waals surface area contributed by atoms with Crippen LogP contribution in [0.5, 0.6) is 0 Å². The lowest BCUT2D eigenvalue weighted by molar-refractivity contribution is -0.138. The van der Waals surface area contributed by atoms with Crippen molar-refractivity contribution >= 4 is 16.5 Å². The number of hydrogen-bond acceptors (Lipinski definition) is 5. The van der Waals surface area contributed by atoms with E-state index in [2.05, 4.69) is 10.2 Å². The van der Waals surface area contributed by atoms with Crippen molar-refractivity contribution in [2.75, 3.05) is 18.0 Å². The van der Waals surface area contributed by atoms with Crippen LogP contribution in [0.25, 0.3) is 0 Å². The monoisotopic (exact) mass is 238 g/mol. The summed E-state index contributed by atoms with van der Waals surface area (Å²) in [4.78, 5) is 1.69. The maximum Gasteiger partial charge on any atom is 0.445 e. The fourth-order valence-electron chi connectivity index (χ4n) is 1.42. The van der Waals surface area contributed by atoms with Crippen molar-refractivity contribution in [3.8, 4) is 0 Å². The second kappa shape index (κ2) is 3.05. The molecule has 2 heterocycles. The summed E-state index contributed by atoms with van der Waals surface area (Å²) in [5.74, 6) is 0. The number of rotatable bonds is 1. The van der Waals surface area contributed by atoms with Crippen LogP contribution in [0.15, 0.2) is 0 Å². The molecule has 1 saturated heterocycles. The van der Waals surface area contributed by atoms with Crippen LogP contribution >= 0.6 is 11.3 Å². The van der Waals surface area contributed by atoms with Gasteiger partial charge in [0.1, 0.15) is 0 Å². The smallest absolute Gasteiger partial charge is 0.343 e. The number of aromatic nitrogens is 2. The van der Waals surface area contributed by atoms with Crippen molar-refractivity contribution in [3.05, 3.63) is 5.01 Å². The number of alkyl halides is 3. The van der Waals surface area contributed by atoms with E-state index in [0.29, 0.717) is 24.4 Å². The van der Waals surface area contributed by atoms with Crippen LogP contribution in [0.1, 0.15) is 11.9 Å². The Morgan fingerprint density at radius 3 is 2.40 bits per heavy atom. The predicted octanol–water partition coefficient (Wildman–Crippen LogP) is 1.09. The third-order valence-corrected chi connectivity index (χ3v) is 3.06. The highest BCUT2D eigenvalue weighted by Crippen LogP contribution is 2.36. The maximum atomic E-state index is 12.2. The molecule has 1 aromatic rings. The average molecular weight is 238 g/mol. The van der Waals surface area contributed by atoms with Crippen molar-refractivity contribution in [2.24, 2.45) is 5.73 Å². The molecule has 0 amide bonds. The molecule has 15 heavy (non-hydrogen) atoms. The minimum Gasteiger partial charge on any atom is -0.343 e. The van der Waals surface area contributed by atoms with Crippen molar-refractivity contribution in [1.82, 2.24) is 10.2 Å². The van der Waals surface area contributed by atoms with Gasteiger partial charge in [-0.1, -0.05) is 11.3 Å². The first-order chi connectivity index (χ1) is 6.78. The Morgan fingerprint density at radius 1 is 1.40 bits per heavy atom. The Kier molecular flexibility index (Phi) is 2.16. The van der Waals surface area contributed by atoms with Crippen molar-refractivity contribution in [2.45, 2.75) is 18.6 Å². The number of nitrogens with zero attached hydrogens (tertiary/aromatic N) is 3. The van der Waals surface area contributed by atoms with E-state index in [9.17, 15) is 13.2 Å². The summed E-state index contributed by atoms with van der Waals surface area (Å²) < 4.78 is 36.6. The molecule has 2 N–H and O–H groups in total. The van der Waals surface area contributed by atoms with E-state index in [1.165, 1.54) is 0 Å². The van der Waals surface area contributed by atoms with Crippen LogP contribution in [0.2, 0.25) is 0 Å². The third-order valence-electron chi connectivity index (χ3n) is 2.03. The molecule has 0 atom stereocenters. The van der Waals surface area contributed by atoms with Gasteiger partial charge in [0.25, 0.3) is 0 Å². The van der Waals surface area contributed by atoms with Gasteiger partial charge in [-0.05, 0) is 6.92 Å². The Balaban J connectivity index is 2.10. The van der Waals surface area contributed by atoms with Gasteiger partial charge in [-0.25, -0.2) is 0 Å². The van der Waals surface area contributed by atoms with Crippen molar-refractivity contribution in [3.63, 3.8) is 0 Å². The summed E-state index contributed by atoms with van der Waals surface area (Å²) in [6, 6.07) is 0. The number of nitrogens with two attached hydrogens (primary N) is 1. The molecule has 84 valence electrons. The van der Waals surface area contributed by atoms with Crippen LogP contribution in [-0.2, 0) is 6.18 Å². The van der Waals surface area contributed by atoms with Crippen LogP contribution in [-0.4, -0.2) is 28.8 Å². The molecule has 0 unspecified atom stereocenters. The second-order valence-corrected chi connectivity index (χ2v) is 4.85. The summed E-state index contributed by atoms with van der Waals surface area (Å²) in [7, 11) is 0. The van der Waals surface area contributed by atoms with Crippen LogP contribution in [0.3, 0.4) is 0 Å². The normalized spacial score (nSPS) is 20.2. The summed E-state index contributed by atoms with van der Waals surface area (Å²) in [5, 5.41) is 5.96. The van der Waals surface area contributed by atoms with Gasteiger partial charge in [0.05, 0.1) is 0 Å². The van der Waals surface area contributed by atoms with E-state index in [-0.39, 0.29) is 10.7 Å². The first kappa shape index (κ1) is 10.6. The van der Waals surface area contributed by atoms with Gasteiger partial charge >= 0.3 is 6.18 Å². The molecule has 0 radical (unpaired) electrons. The van der Waals surface area contributed by atoms with Crippen molar-refractivity contribution < 1.29 is 13.2 Å². The highest BCUT2D eigenvalue weighted by atomic mass is 32.1. The topological polar surface area (TPSA) is 55.0 Å². The lowest BCUT2D eigenvalue weighted by atomic mass is 9.95. The predicted molar refractivity (Wildman–Crippen MR) is 49.7 cm³/mol. The molecule has 8 heteroatoms. The van der Waals surface area contributed by atoms with E-state index in [4.69, 9.17) is 5.73 Å². The highest BCUT2D eigenvalue weighted by molar-refractivity contribution is 7.15. The number of hydrogen-bond donors (Lipinski definition) is 1. The Hall–Kier alpha value is -0.890. The standard InChI is InChI=1S/C7H9F3N4S/c1-6(11)2-14(3-6)5-13-12-4(15-5)7(8,9)10/h2-3,11H2,1H3. The zero-order valence-electron chi connectivity index (χ0n) is 7.88. The lowest BCUT2D eigenvalue weighted by Gasteiger charge is -2.44. The zero-order valence-corrected chi connectivity index (χ0v) is 8.69. The molecule has 0 saturated carbocycles. The molecule has 0 aliphatic carbocycles.